The van der Waals surface area contributed by atoms with Crippen LogP contribution in [0.1, 0.15) is 16.1 Å². The molecule has 0 N–H and O–H groups in total. The molecule has 0 bridgehead atoms. The Kier molecular flexibility index (Phi) is 6.37. The van der Waals surface area contributed by atoms with Gasteiger partial charge in [0, 0.05) is 43.8 Å². The van der Waals surface area contributed by atoms with E-state index in [2.05, 4.69) is 45.6 Å². The van der Waals surface area contributed by atoms with E-state index in [0.717, 1.165) is 61.1 Å². The molecule has 1 saturated heterocycles. The third-order valence-electron chi connectivity index (χ3n) is 6.43. The van der Waals surface area contributed by atoms with Gasteiger partial charge < -0.3 is 14.2 Å². The van der Waals surface area contributed by atoms with Gasteiger partial charge in [-0.05, 0) is 30.7 Å². The lowest BCUT2D eigenvalue weighted by Gasteiger charge is -2.36. The zero-order chi connectivity index (χ0) is 22.6. The number of carbonyl (C=O) groups excluding carboxylic acids is 1. The van der Waals surface area contributed by atoms with Crippen molar-refractivity contribution in [3.8, 4) is 16.9 Å². The lowest BCUT2D eigenvalue weighted by molar-refractivity contribution is 0.0281. The highest BCUT2D eigenvalue weighted by molar-refractivity contribution is 6.02. The Balaban J connectivity index is 1.54. The van der Waals surface area contributed by atoms with Crippen molar-refractivity contribution in [3.05, 3.63) is 78.0 Å². The maximum atomic E-state index is 14.1. The number of ether oxygens (including phenoxy) is 1. The Hall–Kier alpha value is -3.22. The van der Waals surface area contributed by atoms with E-state index in [1.54, 1.807) is 0 Å². The molecule has 1 fully saturated rings. The monoisotopic (exact) mass is 442 g/mol. The first-order valence-corrected chi connectivity index (χ1v) is 11.7. The number of amides is 1. The van der Waals surface area contributed by atoms with E-state index in [1.165, 1.54) is 0 Å². The summed E-state index contributed by atoms with van der Waals surface area (Å²) in [5.74, 6) is 0.0658. The second kappa shape index (κ2) is 9.73. The number of hydrogen-bond donors (Lipinski definition) is 0. The molecular formula is C27H30N4O2. The predicted octanol–water partition coefficient (Wildman–Crippen LogP) is 3.68. The number of carbonyl (C=O) groups is 1. The molecule has 1 amide bonds. The van der Waals surface area contributed by atoms with Gasteiger partial charge in [0.05, 0.1) is 37.1 Å². The molecular weight excluding hydrogens is 412 g/mol. The topological polar surface area (TPSA) is 50.1 Å². The summed E-state index contributed by atoms with van der Waals surface area (Å²) in [4.78, 5) is 22.9. The molecule has 3 heterocycles. The second-order valence-corrected chi connectivity index (χ2v) is 8.62. The van der Waals surface area contributed by atoms with Crippen LogP contribution in [0.3, 0.4) is 0 Å². The number of hydrogen-bond acceptors (Lipinski definition) is 4. The highest BCUT2D eigenvalue weighted by Gasteiger charge is 2.31. The van der Waals surface area contributed by atoms with Crippen LogP contribution in [-0.4, -0.2) is 78.5 Å². The fraction of sp³-hybridized carbons (Fsp3) is 0.333. The van der Waals surface area contributed by atoms with Gasteiger partial charge in [-0.25, -0.2) is 0 Å². The van der Waals surface area contributed by atoms with E-state index in [1.807, 2.05) is 53.6 Å². The highest BCUT2D eigenvalue weighted by Crippen LogP contribution is 2.32. The van der Waals surface area contributed by atoms with Crippen LogP contribution < -0.4 is 0 Å². The van der Waals surface area contributed by atoms with Crippen molar-refractivity contribution < 1.29 is 9.53 Å². The van der Waals surface area contributed by atoms with Gasteiger partial charge in [-0.15, -0.1) is 0 Å². The molecule has 33 heavy (non-hydrogen) atoms. The van der Waals surface area contributed by atoms with Crippen LogP contribution in [0.15, 0.2) is 71.7 Å². The van der Waals surface area contributed by atoms with Gasteiger partial charge in [0.1, 0.15) is 0 Å². The maximum absolute atomic E-state index is 14.1. The number of rotatable bonds is 5. The third-order valence-corrected chi connectivity index (χ3v) is 6.43. The van der Waals surface area contributed by atoms with E-state index in [9.17, 15) is 4.79 Å². The van der Waals surface area contributed by atoms with Crippen LogP contribution in [0.4, 0.5) is 0 Å². The first-order chi connectivity index (χ1) is 16.2. The van der Waals surface area contributed by atoms with E-state index < -0.39 is 0 Å². The van der Waals surface area contributed by atoms with Crippen LogP contribution in [0, 0.1) is 6.92 Å². The van der Waals surface area contributed by atoms with Gasteiger partial charge >= 0.3 is 0 Å². The SMILES string of the molecule is Cc1cc(C(=O)N2CCN=C[C@H]2CN2CCOCC2)c(-c2ccccc2)n1-c1ccccc1. The van der Waals surface area contributed by atoms with Crippen LogP contribution in [0.25, 0.3) is 16.9 Å². The van der Waals surface area contributed by atoms with Crippen LogP contribution >= 0.6 is 0 Å². The summed E-state index contributed by atoms with van der Waals surface area (Å²) in [6.07, 6.45) is 1.96. The Labute approximate surface area is 195 Å². The van der Waals surface area contributed by atoms with Gasteiger partial charge in [0.15, 0.2) is 0 Å². The van der Waals surface area contributed by atoms with Crippen molar-refractivity contribution >= 4 is 12.1 Å². The molecule has 1 aromatic heterocycles. The van der Waals surface area contributed by atoms with E-state index >= 15 is 0 Å². The molecule has 0 aliphatic carbocycles. The molecule has 2 aliphatic heterocycles. The zero-order valence-electron chi connectivity index (χ0n) is 19.1. The first kappa shape index (κ1) is 21.6. The van der Waals surface area contributed by atoms with E-state index in [-0.39, 0.29) is 11.9 Å². The second-order valence-electron chi connectivity index (χ2n) is 8.62. The van der Waals surface area contributed by atoms with E-state index in [0.29, 0.717) is 13.1 Å². The lowest BCUT2D eigenvalue weighted by Crippen LogP contribution is -2.52. The number of benzene rings is 2. The van der Waals surface area contributed by atoms with Crippen molar-refractivity contribution in [2.45, 2.75) is 13.0 Å². The standard InChI is InChI=1S/C27H30N4O2/c1-21-18-25(26(22-8-4-2-5-9-22)31(21)23-10-6-3-7-11-23)27(32)30-13-12-28-19-24(30)20-29-14-16-33-17-15-29/h2-11,18-19,24H,12-17,20H2,1H3/t24-/m0/s1. The lowest BCUT2D eigenvalue weighted by atomic mass is 10.0. The van der Waals surface area contributed by atoms with Gasteiger partial charge in [0.25, 0.3) is 5.91 Å². The first-order valence-electron chi connectivity index (χ1n) is 11.7. The molecule has 0 spiro atoms. The number of para-hydroxylation sites is 1. The quantitative estimate of drug-likeness (QED) is 0.606. The fourth-order valence-electron chi connectivity index (χ4n) is 4.80. The summed E-state index contributed by atoms with van der Waals surface area (Å²) in [7, 11) is 0. The van der Waals surface area contributed by atoms with Gasteiger partial charge in [-0.2, -0.15) is 0 Å². The summed E-state index contributed by atoms with van der Waals surface area (Å²) in [6, 6.07) is 22.5. The molecule has 6 nitrogen and oxygen atoms in total. The zero-order valence-corrected chi connectivity index (χ0v) is 19.1. The van der Waals surface area contributed by atoms with Crippen molar-refractivity contribution in [1.29, 1.82) is 0 Å². The molecule has 2 aromatic carbocycles. The minimum absolute atomic E-state index is 0.0339. The minimum atomic E-state index is -0.0339. The number of morpholine rings is 1. The molecule has 3 aromatic rings. The summed E-state index contributed by atoms with van der Waals surface area (Å²) in [6.45, 7) is 7.41. The molecule has 5 rings (SSSR count). The molecule has 170 valence electrons. The molecule has 1 atom stereocenters. The van der Waals surface area contributed by atoms with Crippen molar-refractivity contribution in [1.82, 2.24) is 14.4 Å². The largest absolute Gasteiger partial charge is 0.379 e. The van der Waals surface area contributed by atoms with Gasteiger partial charge in [0.2, 0.25) is 0 Å². The van der Waals surface area contributed by atoms with Gasteiger partial charge in [-0.1, -0.05) is 48.5 Å². The Morgan fingerprint density at radius 2 is 1.70 bits per heavy atom. The summed E-state index contributed by atoms with van der Waals surface area (Å²) < 4.78 is 7.69. The van der Waals surface area contributed by atoms with Crippen molar-refractivity contribution in [3.63, 3.8) is 0 Å². The molecule has 0 saturated carbocycles. The summed E-state index contributed by atoms with van der Waals surface area (Å²) in [5.41, 5.74) is 4.81. The average Bonchev–Trinajstić information content (AvgIpc) is 3.22. The van der Waals surface area contributed by atoms with Crippen molar-refractivity contribution in [2.24, 2.45) is 4.99 Å². The number of aliphatic imine (C=N–C) groups is 1. The number of aromatic nitrogens is 1. The minimum Gasteiger partial charge on any atom is -0.379 e. The Morgan fingerprint density at radius 1 is 1.00 bits per heavy atom. The predicted molar refractivity (Wildman–Crippen MR) is 131 cm³/mol. The Bertz CT molecular complexity index is 1120. The molecule has 2 aliphatic rings. The summed E-state index contributed by atoms with van der Waals surface area (Å²) >= 11 is 0. The Morgan fingerprint density at radius 3 is 2.42 bits per heavy atom. The molecule has 0 radical (unpaired) electrons. The number of nitrogens with zero attached hydrogens (tertiary/aromatic N) is 4. The number of aryl methyl sites for hydroxylation is 1. The molecule has 6 heteroatoms. The normalized spacial score (nSPS) is 19.1. The average molecular weight is 443 g/mol. The van der Waals surface area contributed by atoms with Gasteiger partial charge in [-0.3, -0.25) is 14.7 Å². The smallest absolute Gasteiger partial charge is 0.256 e. The third kappa shape index (κ3) is 4.49. The fourth-order valence-corrected chi connectivity index (χ4v) is 4.80. The summed E-state index contributed by atoms with van der Waals surface area (Å²) in [5, 5.41) is 0. The highest BCUT2D eigenvalue weighted by atomic mass is 16.5. The van der Waals surface area contributed by atoms with Crippen LogP contribution in [0.5, 0.6) is 0 Å². The molecule has 0 unspecified atom stereocenters. The van der Waals surface area contributed by atoms with Crippen LogP contribution in [-0.2, 0) is 4.74 Å². The van der Waals surface area contributed by atoms with Crippen LogP contribution in [0.2, 0.25) is 0 Å². The van der Waals surface area contributed by atoms with E-state index in [4.69, 9.17) is 4.74 Å². The van der Waals surface area contributed by atoms with Crippen molar-refractivity contribution in [2.75, 3.05) is 45.9 Å². The maximum Gasteiger partial charge on any atom is 0.256 e.